The van der Waals surface area contributed by atoms with Crippen molar-refractivity contribution in [1.29, 1.82) is 0 Å². The van der Waals surface area contributed by atoms with E-state index in [1.165, 1.54) is 0 Å². The lowest BCUT2D eigenvalue weighted by Crippen LogP contribution is -2.56. The summed E-state index contributed by atoms with van der Waals surface area (Å²) in [6.45, 7) is 9.29. The van der Waals surface area contributed by atoms with E-state index in [1.807, 2.05) is 75.5 Å². The standard InChI is InChI=1S/C41H44N2O8/c1-17-9-8-10-23-14-18(2)20(4)31-26(15-22-16-42-25-12-7-6-11-24(22)25)43-40(50)41(23,31)39(49)30-29(34(46)32(44)19(3)13-17)37-27-21(5)33(45)36(48)35(47)28(27)38(30)51-37/h6-8,10-14,16-17,20,23,26,29-32,37-38,42,44-45,47-48H,9,15H2,1-5H3,(H,43,50)/b10-8+,19-13-/t17?,20-,23+,26+,29?,30?,31+,32?,37?,38?,41+/m1/s1. The van der Waals surface area contributed by atoms with Gasteiger partial charge in [-0.05, 0) is 68.2 Å². The predicted octanol–water partition coefficient (Wildman–Crippen LogP) is 5.55. The van der Waals surface area contributed by atoms with Crippen LogP contribution in [0.4, 0.5) is 0 Å². The Morgan fingerprint density at radius 1 is 0.902 bits per heavy atom. The summed E-state index contributed by atoms with van der Waals surface area (Å²) in [6.07, 6.45) is 6.90. The van der Waals surface area contributed by atoms with Crippen LogP contribution in [0.5, 0.6) is 17.2 Å². The van der Waals surface area contributed by atoms with Crippen LogP contribution < -0.4 is 5.32 Å². The van der Waals surface area contributed by atoms with Gasteiger partial charge in [0, 0.05) is 46.1 Å². The minimum Gasteiger partial charge on any atom is -0.504 e. The number of rotatable bonds is 2. The number of para-hydroxylation sites is 1. The Balaban J connectivity index is 1.34. The number of ether oxygens (including phenoxy) is 1. The van der Waals surface area contributed by atoms with Gasteiger partial charge in [0.1, 0.15) is 11.5 Å². The van der Waals surface area contributed by atoms with Crippen LogP contribution in [0.2, 0.25) is 0 Å². The van der Waals surface area contributed by atoms with Crippen LogP contribution in [0.15, 0.2) is 65.9 Å². The number of benzene rings is 2. The summed E-state index contributed by atoms with van der Waals surface area (Å²) in [7, 11) is 0. The molecule has 1 amide bonds. The summed E-state index contributed by atoms with van der Waals surface area (Å²) in [5.74, 6) is -7.38. The Bertz CT molecular complexity index is 2110. The van der Waals surface area contributed by atoms with Gasteiger partial charge in [0.2, 0.25) is 11.7 Å². The number of Topliss-reactive ketones (excluding diaryl/α,β-unsaturated/α-hetero) is 2. The van der Waals surface area contributed by atoms with E-state index in [9.17, 15) is 30.0 Å². The number of allylic oxidation sites excluding steroid dienone is 5. The van der Waals surface area contributed by atoms with Gasteiger partial charge in [-0.15, -0.1) is 0 Å². The number of amides is 1. The molecular formula is C41H44N2O8. The fourth-order valence-electron chi connectivity index (χ4n) is 10.3. The zero-order valence-corrected chi connectivity index (χ0v) is 29.3. The molecule has 10 heteroatoms. The molecule has 2 fully saturated rings. The molecule has 3 aromatic rings. The molecule has 2 aliphatic carbocycles. The highest BCUT2D eigenvalue weighted by atomic mass is 16.5. The zero-order valence-electron chi connectivity index (χ0n) is 29.3. The van der Waals surface area contributed by atoms with Gasteiger partial charge in [0.05, 0.1) is 24.0 Å². The monoisotopic (exact) mass is 692 g/mol. The lowest BCUT2D eigenvalue weighted by Gasteiger charge is -2.47. The molecule has 3 aliphatic heterocycles. The summed E-state index contributed by atoms with van der Waals surface area (Å²) in [4.78, 5) is 48.7. The minimum absolute atomic E-state index is 0.0570. The van der Waals surface area contributed by atoms with E-state index >= 15 is 4.79 Å². The second-order valence-corrected chi connectivity index (χ2v) is 15.5. The zero-order chi connectivity index (χ0) is 36.3. The number of aliphatic hydroxyl groups excluding tert-OH is 1. The van der Waals surface area contributed by atoms with Crippen molar-refractivity contribution in [1.82, 2.24) is 10.3 Å². The van der Waals surface area contributed by atoms with Crippen LogP contribution in [-0.4, -0.2) is 55.0 Å². The van der Waals surface area contributed by atoms with E-state index in [-0.39, 0.29) is 23.0 Å². The molecule has 6 unspecified atom stereocenters. The molecular weight excluding hydrogens is 648 g/mol. The Kier molecular flexibility index (Phi) is 7.67. The molecule has 6 N–H and O–H groups in total. The van der Waals surface area contributed by atoms with Gasteiger partial charge in [-0.1, -0.05) is 61.9 Å². The molecule has 2 bridgehead atoms. The van der Waals surface area contributed by atoms with Crippen molar-refractivity contribution in [2.45, 2.75) is 71.8 Å². The molecule has 8 rings (SSSR count). The van der Waals surface area contributed by atoms with E-state index in [2.05, 4.69) is 10.3 Å². The van der Waals surface area contributed by atoms with Crippen LogP contribution in [0.25, 0.3) is 10.9 Å². The molecule has 2 saturated heterocycles. The third-order valence-corrected chi connectivity index (χ3v) is 12.8. The maximum absolute atomic E-state index is 15.9. The van der Waals surface area contributed by atoms with Gasteiger partial charge < -0.3 is 35.5 Å². The van der Waals surface area contributed by atoms with Gasteiger partial charge >= 0.3 is 0 Å². The van der Waals surface area contributed by atoms with E-state index in [4.69, 9.17) is 4.74 Å². The maximum atomic E-state index is 15.9. The molecule has 4 heterocycles. The summed E-state index contributed by atoms with van der Waals surface area (Å²) >= 11 is 0. The lowest BCUT2D eigenvalue weighted by atomic mass is 9.51. The number of hydrogen-bond acceptors (Lipinski definition) is 8. The molecule has 1 spiro atoms. The van der Waals surface area contributed by atoms with Crippen molar-refractivity contribution in [2.24, 2.45) is 40.9 Å². The number of fused-ring (bicyclic) bond motifs is 9. The van der Waals surface area contributed by atoms with Crippen LogP contribution in [0.1, 0.15) is 68.6 Å². The molecule has 266 valence electrons. The molecule has 0 radical (unpaired) electrons. The van der Waals surface area contributed by atoms with Gasteiger partial charge in [0.25, 0.3) is 0 Å². The van der Waals surface area contributed by atoms with Crippen molar-refractivity contribution >= 4 is 28.4 Å². The average molecular weight is 693 g/mol. The number of H-pyrrole nitrogens is 1. The van der Waals surface area contributed by atoms with Crippen LogP contribution in [0.3, 0.4) is 0 Å². The van der Waals surface area contributed by atoms with E-state index in [0.29, 0.717) is 24.0 Å². The highest BCUT2D eigenvalue weighted by Crippen LogP contribution is 2.67. The fraction of sp³-hybridized carbons (Fsp3) is 0.439. The summed E-state index contributed by atoms with van der Waals surface area (Å²) in [5, 5.41) is 48.5. The summed E-state index contributed by atoms with van der Waals surface area (Å²) in [6, 6.07) is 7.51. The van der Waals surface area contributed by atoms with Gasteiger partial charge in [0.15, 0.2) is 23.1 Å². The number of phenols is 3. The molecule has 10 nitrogen and oxygen atoms in total. The lowest BCUT2D eigenvalue weighted by molar-refractivity contribution is -0.152. The summed E-state index contributed by atoms with van der Waals surface area (Å²) in [5.41, 5.74) is 2.47. The second kappa shape index (κ2) is 11.7. The normalized spacial score (nSPS) is 37.6. The first-order valence-electron chi connectivity index (χ1n) is 17.9. The number of ketones is 2. The van der Waals surface area contributed by atoms with Crippen molar-refractivity contribution in [3.05, 3.63) is 88.2 Å². The Morgan fingerprint density at radius 3 is 2.39 bits per heavy atom. The number of aromatic nitrogens is 1. The van der Waals surface area contributed by atoms with E-state index in [1.54, 1.807) is 13.8 Å². The fourth-order valence-corrected chi connectivity index (χ4v) is 10.3. The molecule has 2 aromatic carbocycles. The third-order valence-electron chi connectivity index (χ3n) is 12.8. The number of carbonyl (C=O) groups is 3. The Morgan fingerprint density at radius 2 is 1.63 bits per heavy atom. The average Bonchev–Trinajstić information content (AvgIpc) is 3.87. The van der Waals surface area contributed by atoms with Crippen LogP contribution in [-0.2, 0) is 25.5 Å². The molecule has 51 heavy (non-hydrogen) atoms. The van der Waals surface area contributed by atoms with Crippen molar-refractivity contribution in [2.75, 3.05) is 0 Å². The number of aromatic amines is 1. The number of hydrogen-bond donors (Lipinski definition) is 6. The Labute approximate surface area is 295 Å². The SMILES string of the molecule is CC1=C[C@@H]2/C=C/CC(C)/C=C(/C)C(O)C(=O)C3C4OC(c5c(O)c(O)c(O)c(C)c54)C3C(=O)[C@]23C(=O)N[C@@H](Cc2c[nH]c4ccccc24)[C@@H]3[C@@H]1C. The minimum atomic E-state index is -1.66. The van der Waals surface area contributed by atoms with Gasteiger partial charge in [-0.25, -0.2) is 0 Å². The van der Waals surface area contributed by atoms with E-state index in [0.717, 1.165) is 22.0 Å². The first-order chi connectivity index (χ1) is 24.3. The van der Waals surface area contributed by atoms with E-state index < -0.39 is 88.2 Å². The maximum Gasteiger partial charge on any atom is 0.235 e. The smallest absolute Gasteiger partial charge is 0.235 e. The highest BCUT2D eigenvalue weighted by Gasteiger charge is 2.71. The summed E-state index contributed by atoms with van der Waals surface area (Å²) < 4.78 is 6.43. The molecule has 5 aliphatic rings. The third kappa shape index (κ3) is 4.51. The number of aliphatic hydroxyl groups is 1. The number of phenolic OH excluding ortho intramolecular Hbond substituents is 3. The molecule has 0 saturated carbocycles. The second-order valence-electron chi connectivity index (χ2n) is 15.5. The van der Waals surface area contributed by atoms with Crippen LogP contribution in [0, 0.1) is 47.8 Å². The molecule has 1 aromatic heterocycles. The first-order valence-corrected chi connectivity index (χ1v) is 17.9. The highest BCUT2D eigenvalue weighted by molar-refractivity contribution is 6.12. The topological polar surface area (TPSA) is 169 Å². The van der Waals surface area contributed by atoms with Crippen molar-refractivity contribution in [3.63, 3.8) is 0 Å². The quantitative estimate of drug-likeness (QED) is 0.115. The van der Waals surface area contributed by atoms with Crippen LogP contribution >= 0.6 is 0 Å². The predicted molar refractivity (Wildman–Crippen MR) is 189 cm³/mol. The number of nitrogens with one attached hydrogen (secondary N) is 2. The van der Waals surface area contributed by atoms with Gasteiger partial charge in [-0.3, -0.25) is 14.4 Å². The van der Waals surface area contributed by atoms with Gasteiger partial charge in [-0.2, -0.15) is 0 Å². The number of carbonyl (C=O) groups excluding carboxylic acids is 3. The largest absolute Gasteiger partial charge is 0.504 e. The number of aromatic hydroxyl groups is 3. The van der Waals surface area contributed by atoms with Crippen molar-refractivity contribution < 1.29 is 39.5 Å². The van der Waals surface area contributed by atoms with Crippen molar-refractivity contribution in [3.8, 4) is 17.2 Å². The Hall–Kier alpha value is -4.67. The molecule has 11 atom stereocenters. The first kappa shape index (κ1) is 33.5.